The molecule has 1 aromatic carbocycles. The second-order valence-corrected chi connectivity index (χ2v) is 6.30. The zero-order chi connectivity index (χ0) is 14.7. The van der Waals surface area contributed by atoms with E-state index in [1.807, 2.05) is 24.3 Å². The highest BCUT2D eigenvalue weighted by Crippen LogP contribution is 2.27. The van der Waals surface area contributed by atoms with Crippen LogP contribution in [0.5, 0.6) is 0 Å². The molecule has 2 unspecified atom stereocenters. The third-order valence-electron chi connectivity index (χ3n) is 4.34. The molecule has 0 aromatic heterocycles. The highest BCUT2D eigenvalue weighted by Gasteiger charge is 2.27. The van der Waals surface area contributed by atoms with E-state index in [4.69, 9.17) is 11.6 Å². The fourth-order valence-corrected chi connectivity index (χ4v) is 3.49. The highest BCUT2D eigenvalue weighted by molar-refractivity contribution is 6.33. The number of carbonyl (C=O) groups excluding carboxylic acids is 1. The number of piperidine rings is 1. The Kier molecular flexibility index (Phi) is 4.66. The molecular weight excluding hydrogens is 286 g/mol. The van der Waals surface area contributed by atoms with Crippen LogP contribution in [-0.2, 0) is 4.79 Å². The number of nitrogens with zero attached hydrogens (tertiary/aromatic N) is 1. The summed E-state index contributed by atoms with van der Waals surface area (Å²) < 4.78 is 0. The van der Waals surface area contributed by atoms with Gasteiger partial charge in [0, 0.05) is 19.1 Å². The number of hydrogen-bond donors (Lipinski definition) is 2. The van der Waals surface area contributed by atoms with Crippen LogP contribution in [0.2, 0.25) is 5.02 Å². The van der Waals surface area contributed by atoms with Crippen LogP contribution in [0.1, 0.15) is 25.7 Å². The summed E-state index contributed by atoms with van der Waals surface area (Å²) in [6, 6.07) is 8.13. The van der Waals surface area contributed by atoms with Gasteiger partial charge in [-0.25, -0.2) is 0 Å². The lowest BCUT2D eigenvalue weighted by Gasteiger charge is -2.35. The van der Waals surface area contributed by atoms with E-state index in [1.165, 1.54) is 0 Å². The first-order valence-corrected chi connectivity index (χ1v) is 8.15. The minimum Gasteiger partial charge on any atom is -0.368 e. The number of anilines is 1. The average Bonchev–Trinajstić information content (AvgIpc) is 3.02. The van der Waals surface area contributed by atoms with Gasteiger partial charge in [0.05, 0.1) is 16.8 Å². The predicted molar refractivity (Wildman–Crippen MR) is 85.9 cm³/mol. The standard InChI is InChI=1S/C16H22ClN3O/c17-13-6-1-2-8-15(13)20-10-4-5-12(11-20)19-16(21)14-7-3-9-18-14/h1-2,6,8,12,14,18H,3-5,7,9-11H2,(H,19,21). The van der Waals surface area contributed by atoms with Crippen molar-refractivity contribution in [2.45, 2.75) is 37.8 Å². The van der Waals surface area contributed by atoms with Crippen LogP contribution in [-0.4, -0.2) is 37.6 Å². The second-order valence-electron chi connectivity index (χ2n) is 5.89. The Morgan fingerprint density at radius 2 is 2.14 bits per heavy atom. The van der Waals surface area contributed by atoms with E-state index in [1.54, 1.807) is 0 Å². The average molecular weight is 308 g/mol. The zero-order valence-corrected chi connectivity index (χ0v) is 12.9. The molecule has 2 heterocycles. The van der Waals surface area contributed by atoms with Gasteiger partial charge in [-0.15, -0.1) is 0 Å². The molecule has 2 atom stereocenters. The van der Waals surface area contributed by atoms with Crippen LogP contribution in [0, 0.1) is 0 Å². The number of carbonyl (C=O) groups is 1. The Bertz CT molecular complexity index is 502. The quantitative estimate of drug-likeness (QED) is 0.899. The molecule has 0 radical (unpaired) electrons. The highest BCUT2D eigenvalue weighted by atomic mass is 35.5. The van der Waals surface area contributed by atoms with Gasteiger partial charge in [-0.05, 0) is 44.4 Å². The van der Waals surface area contributed by atoms with Crippen molar-refractivity contribution in [1.29, 1.82) is 0 Å². The van der Waals surface area contributed by atoms with Gasteiger partial charge in [-0.2, -0.15) is 0 Å². The van der Waals surface area contributed by atoms with Gasteiger partial charge in [-0.3, -0.25) is 4.79 Å². The number of para-hydroxylation sites is 1. The molecule has 0 saturated carbocycles. The molecule has 2 saturated heterocycles. The fraction of sp³-hybridized carbons (Fsp3) is 0.562. The minimum atomic E-state index is 0.000639. The van der Waals surface area contributed by atoms with Crippen molar-refractivity contribution in [1.82, 2.24) is 10.6 Å². The Hall–Kier alpha value is -1.26. The first kappa shape index (κ1) is 14.7. The van der Waals surface area contributed by atoms with Crippen LogP contribution in [0.25, 0.3) is 0 Å². The molecule has 2 N–H and O–H groups in total. The van der Waals surface area contributed by atoms with Crippen molar-refractivity contribution in [2.75, 3.05) is 24.5 Å². The van der Waals surface area contributed by atoms with E-state index in [9.17, 15) is 4.79 Å². The number of nitrogens with one attached hydrogen (secondary N) is 2. The van der Waals surface area contributed by atoms with E-state index in [2.05, 4.69) is 15.5 Å². The second kappa shape index (κ2) is 6.67. The Balaban J connectivity index is 1.60. The summed E-state index contributed by atoms with van der Waals surface area (Å²) in [5, 5.41) is 7.22. The van der Waals surface area contributed by atoms with Gasteiger partial charge in [0.15, 0.2) is 0 Å². The molecule has 0 spiro atoms. The van der Waals surface area contributed by atoms with Crippen molar-refractivity contribution < 1.29 is 4.79 Å². The summed E-state index contributed by atoms with van der Waals surface area (Å²) in [5.41, 5.74) is 1.07. The summed E-state index contributed by atoms with van der Waals surface area (Å²) in [6.45, 7) is 2.79. The van der Waals surface area contributed by atoms with Gasteiger partial charge in [0.1, 0.15) is 0 Å². The fourth-order valence-electron chi connectivity index (χ4n) is 3.23. The number of benzene rings is 1. The van der Waals surface area contributed by atoms with Crippen molar-refractivity contribution in [3.63, 3.8) is 0 Å². The minimum absolute atomic E-state index is 0.000639. The summed E-state index contributed by atoms with van der Waals surface area (Å²) in [6.07, 6.45) is 4.16. The lowest BCUT2D eigenvalue weighted by molar-refractivity contribution is -0.123. The van der Waals surface area contributed by atoms with Crippen LogP contribution in [0.3, 0.4) is 0 Å². The smallest absolute Gasteiger partial charge is 0.237 e. The van der Waals surface area contributed by atoms with Crippen LogP contribution in [0.15, 0.2) is 24.3 Å². The van der Waals surface area contributed by atoms with Crippen LogP contribution < -0.4 is 15.5 Å². The topological polar surface area (TPSA) is 44.4 Å². The van der Waals surface area contributed by atoms with Crippen molar-refractivity contribution in [3.05, 3.63) is 29.3 Å². The Morgan fingerprint density at radius 3 is 2.90 bits per heavy atom. The third kappa shape index (κ3) is 3.50. The molecule has 2 aliphatic rings. The normalized spacial score (nSPS) is 25.9. The maximum absolute atomic E-state index is 12.2. The maximum atomic E-state index is 12.2. The van der Waals surface area contributed by atoms with E-state index >= 15 is 0 Å². The monoisotopic (exact) mass is 307 g/mol. The molecule has 0 bridgehead atoms. The summed E-state index contributed by atoms with van der Waals surface area (Å²) in [5.74, 6) is 0.151. The molecular formula is C16H22ClN3O. The summed E-state index contributed by atoms with van der Waals surface area (Å²) in [7, 11) is 0. The first-order chi connectivity index (χ1) is 10.2. The molecule has 2 fully saturated rings. The number of hydrogen-bond acceptors (Lipinski definition) is 3. The lowest BCUT2D eigenvalue weighted by Crippen LogP contribution is -2.51. The first-order valence-electron chi connectivity index (χ1n) is 7.77. The van der Waals surface area contributed by atoms with Crippen LogP contribution >= 0.6 is 11.6 Å². The molecule has 21 heavy (non-hydrogen) atoms. The van der Waals surface area contributed by atoms with Gasteiger partial charge in [0.2, 0.25) is 5.91 Å². The molecule has 1 aromatic rings. The number of amides is 1. The Labute approximate surface area is 130 Å². The van der Waals surface area contributed by atoms with Crippen molar-refractivity contribution in [3.8, 4) is 0 Å². The van der Waals surface area contributed by atoms with E-state index in [-0.39, 0.29) is 18.0 Å². The van der Waals surface area contributed by atoms with E-state index in [0.717, 1.165) is 56.0 Å². The molecule has 2 aliphatic heterocycles. The molecule has 4 nitrogen and oxygen atoms in total. The number of halogens is 1. The van der Waals surface area contributed by atoms with E-state index < -0.39 is 0 Å². The lowest BCUT2D eigenvalue weighted by atomic mass is 10.0. The summed E-state index contributed by atoms with van der Waals surface area (Å²) >= 11 is 6.28. The van der Waals surface area contributed by atoms with Crippen molar-refractivity contribution in [2.24, 2.45) is 0 Å². The maximum Gasteiger partial charge on any atom is 0.237 e. The molecule has 1 amide bonds. The molecule has 5 heteroatoms. The Morgan fingerprint density at radius 1 is 1.29 bits per heavy atom. The number of rotatable bonds is 3. The van der Waals surface area contributed by atoms with Gasteiger partial charge >= 0.3 is 0 Å². The molecule has 0 aliphatic carbocycles. The predicted octanol–water partition coefficient (Wildman–Crippen LogP) is 2.18. The van der Waals surface area contributed by atoms with Crippen molar-refractivity contribution >= 4 is 23.2 Å². The summed E-state index contributed by atoms with van der Waals surface area (Å²) in [4.78, 5) is 14.5. The van der Waals surface area contributed by atoms with Crippen LogP contribution in [0.4, 0.5) is 5.69 Å². The van der Waals surface area contributed by atoms with Gasteiger partial charge in [0.25, 0.3) is 0 Å². The largest absolute Gasteiger partial charge is 0.368 e. The zero-order valence-electron chi connectivity index (χ0n) is 12.1. The van der Waals surface area contributed by atoms with Gasteiger partial charge in [-0.1, -0.05) is 23.7 Å². The van der Waals surface area contributed by atoms with Gasteiger partial charge < -0.3 is 15.5 Å². The molecule has 3 rings (SSSR count). The molecule has 114 valence electrons. The van der Waals surface area contributed by atoms with E-state index in [0.29, 0.717) is 0 Å². The third-order valence-corrected chi connectivity index (χ3v) is 4.66. The SMILES string of the molecule is O=C(NC1CCCN(c2ccccc2Cl)C1)C1CCCN1.